The summed E-state index contributed by atoms with van der Waals surface area (Å²) in [6.07, 6.45) is 1.48. The van der Waals surface area contributed by atoms with Gasteiger partial charge < -0.3 is 20.2 Å². The second-order valence-electron chi connectivity index (χ2n) is 4.39. The lowest BCUT2D eigenvalue weighted by Gasteiger charge is -2.18. The number of nitrogens with two attached hydrogens (primary N) is 1. The molecule has 0 fully saturated rings. The lowest BCUT2D eigenvalue weighted by Crippen LogP contribution is -2.17. The number of benzene rings is 1. The predicted octanol–water partition coefficient (Wildman–Crippen LogP) is 1.39. The molecule has 0 saturated carbocycles. The summed E-state index contributed by atoms with van der Waals surface area (Å²) in [4.78, 5) is 16.1. The van der Waals surface area contributed by atoms with Crippen LogP contribution in [0.3, 0.4) is 0 Å². The summed E-state index contributed by atoms with van der Waals surface area (Å²) in [6.45, 7) is 1.03. The van der Waals surface area contributed by atoms with E-state index in [9.17, 15) is 4.79 Å². The van der Waals surface area contributed by atoms with E-state index in [2.05, 4.69) is 15.7 Å². The Balaban J connectivity index is 1.74. The Morgan fingerprint density at radius 1 is 1.10 bits per heavy atom. The van der Waals surface area contributed by atoms with Crippen LogP contribution < -0.4 is 26.1 Å². The van der Waals surface area contributed by atoms with E-state index in [1.54, 1.807) is 30.3 Å². The molecule has 0 radical (unpaired) electrons. The van der Waals surface area contributed by atoms with Gasteiger partial charge in [0.15, 0.2) is 11.5 Å². The van der Waals surface area contributed by atoms with Gasteiger partial charge in [0.2, 0.25) is 0 Å². The number of rotatable bonds is 3. The van der Waals surface area contributed by atoms with E-state index in [-0.39, 0.29) is 5.91 Å². The first-order valence-electron chi connectivity index (χ1n) is 6.40. The number of ether oxygens (including phenoxy) is 2. The van der Waals surface area contributed by atoms with Gasteiger partial charge in [-0.1, -0.05) is 0 Å². The number of anilines is 2. The highest BCUT2D eigenvalue weighted by atomic mass is 16.6. The zero-order valence-corrected chi connectivity index (χ0v) is 11.1. The highest BCUT2D eigenvalue weighted by Crippen LogP contribution is 2.32. The summed E-state index contributed by atoms with van der Waals surface area (Å²) in [6, 6.07) is 8.50. The van der Waals surface area contributed by atoms with Crippen LogP contribution in [0.2, 0.25) is 0 Å². The number of hydrazine groups is 1. The number of carbonyl (C=O) groups excluding carboxylic acids is 1. The van der Waals surface area contributed by atoms with Gasteiger partial charge >= 0.3 is 0 Å². The minimum Gasteiger partial charge on any atom is -0.486 e. The van der Waals surface area contributed by atoms with Crippen LogP contribution in [0.5, 0.6) is 11.5 Å². The van der Waals surface area contributed by atoms with Crippen molar-refractivity contribution < 1.29 is 14.3 Å². The van der Waals surface area contributed by atoms with Crippen molar-refractivity contribution in [2.45, 2.75) is 0 Å². The maximum Gasteiger partial charge on any atom is 0.274 e. The molecule has 1 aliphatic rings. The third-order valence-electron chi connectivity index (χ3n) is 2.96. The van der Waals surface area contributed by atoms with Gasteiger partial charge in [-0.3, -0.25) is 10.6 Å². The summed E-state index contributed by atoms with van der Waals surface area (Å²) in [7, 11) is 0. The maximum absolute atomic E-state index is 12.1. The van der Waals surface area contributed by atoms with E-state index in [1.165, 1.54) is 6.20 Å². The number of fused-ring (bicyclic) bond motifs is 1. The Bertz CT molecular complexity index is 658. The molecule has 0 aliphatic carbocycles. The molecule has 0 atom stereocenters. The van der Waals surface area contributed by atoms with Crippen LogP contribution in [-0.4, -0.2) is 24.1 Å². The highest BCUT2D eigenvalue weighted by molar-refractivity contribution is 6.03. The zero-order chi connectivity index (χ0) is 14.7. The first-order chi connectivity index (χ1) is 10.3. The zero-order valence-electron chi connectivity index (χ0n) is 11.1. The number of hydrogen-bond donors (Lipinski definition) is 3. The molecule has 1 aromatic heterocycles. The minimum atomic E-state index is -0.310. The summed E-state index contributed by atoms with van der Waals surface area (Å²) in [5.41, 5.74) is 4.00. The van der Waals surface area contributed by atoms with Gasteiger partial charge in [-0.25, -0.2) is 4.98 Å². The fourth-order valence-corrected chi connectivity index (χ4v) is 1.93. The first kappa shape index (κ1) is 13.2. The van der Waals surface area contributed by atoms with Crippen molar-refractivity contribution in [3.05, 3.63) is 42.2 Å². The van der Waals surface area contributed by atoms with Crippen LogP contribution in [-0.2, 0) is 0 Å². The van der Waals surface area contributed by atoms with Gasteiger partial charge in [0.25, 0.3) is 5.91 Å². The predicted molar refractivity (Wildman–Crippen MR) is 77.4 cm³/mol. The van der Waals surface area contributed by atoms with Crippen LogP contribution in [0, 0.1) is 0 Å². The molecule has 1 aliphatic heterocycles. The molecule has 0 spiro atoms. The Morgan fingerprint density at radius 2 is 1.86 bits per heavy atom. The second-order valence-corrected chi connectivity index (χ2v) is 4.39. The molecule has 3 rings (SSSR count). The monoisotopic (exact) mass is 286 g/mol. The molecule has 0 saturated heterocycles. The second kappa shape index (κ2) is 5.68. The molecule has 1 aromatic carbocycles. The molecule has 4 N–H and O–H groups in total. The summed E-state index contributed by atoms with van der Waals surface area (Å²) in [5, 5.41) is 2.76. The Kier molecular flexibility index (Phi) is 3.57. The first-order valence-corrected chi connectivity index (χ1v) is 6.40. The Labute approximate surface area is 121 Å². The van der Waals surface area contributed by atoms with Gasteiger partial charge in [0.1, 0.15) is 18.9 Å². The molecular weight excluding hydrogens is 272 g/mol. The largest absolute Gasteiger partial charge is 0.486 e. The van der Waals surface area contributed by atoms with Crippen molar-refractivity contribution >= 4 is 17.3 Å². The van der Waals surface area contributed by atoms with E-state index in [0.717, 1.165) is 0 Å². The number of nitrogens with zero attached hydrogens (tertiary/aromatic N) is 1. The third-order valence-corrected chi connectivity index (χ3v) is 2.96. The van der Waals surface area contributed by atoms with Crippen LogP contribution in [0.25, 0.3) is 0 Å². The lowest BCUT2D eigenvalue weighted by molar-refractivity contribution is 0.102. The van der Waals surface area contributed by atoms with Crippen molar-refractivity contribution in [2.24, 2.45) is 5.84 Å². The van der Waals surface area contributed by atoms with Gasteiger partial charge in [0.05, 0.1) is 11.9 Å². The fourth-order valence-electron chi connectivity index (χ4n) is 1.93. The molecule has 108 valence electrons. The molecule has 2 aromatic rings. The molecule has 7 heteroatoms. The van der Waals surface area contributed by atoms with E-state index in [1.807, 2.05) is 0 Å². The third kappa shape index (κ3) is 2.87. The smallest absolute Gasteiger partial charge is 0.274 e. The average molecular weight is 286 g/mol. The number of nitrogen functional groups attached to an aromatic ring is 1. The number of pyridine rings is 1. The molecule has 1 amide bonds. The van der Waals surface area contributed by atoms with Crippen molar-refractivity contribution in [2.75, 3.05) is 24.0 Å². The highest BCUT2D eigenvalue weighted by Gasteiger charge is 2.13. The normalized spacial score (nSPS) is 12.6. The number of amides is 1. The maximum atomic E-state index is 12.1. The average Bonchev–Trinajstić information content (AvgIpc) is 2.55. The summed E-state index contributed by atoms with van der Waals surface area (Å²) >= 11 is 0. The van der Waals surface area contributed by atoms with E-state index >= 15 is 0 Å². The van der Waals surface area contributed by atoms with Crippen molar-refractivity contribution in [3.8, 4) is 11.5 Å². The van der Waals surface area contributed by atoms with Crippen LogP contribution in [0.4, 0.5) is 11.4 Å². The Hall–Kier alpha value is -2.80. The molecule has 2 heterocycles. The van der Waals surface area contributed by atoms with Crippen LogP contribution in [0.15, 0.2) is 36.5 Å². The minimum absolute atomic E-state index is 0.295. The van der Waals surface area contributed by atoms with E-state index in [0.29, 0.717) is 41.8 Å². The topological polar surface area (TPSA) is 98.5 Å². The molecule has 0 unspecified atom stereocenters. The number of aromatic nitrogens is 1. The molecule has 21 heavy (non-hydrogen) atoms. The molecule has 7 nitrogen and oxygen atoms in total. The van der Waals surface area contributed by atoms with Gasteiger partial charge in [0, 0.05) is 11.8 Å². The van der Waals surface area contributed by atoms with Crippen molar-refractivity contribution in [3.63, 3.8) is 0 Å². The lowest BCUT2D eigenvalue weighted by atomic mass is 10.2. The van der Waals surface area contributed by atoms with E-state index < -0.39 is 0 Å². The van der Waals surface area contributed by atoms with Gasteiger partial charge in [-0.15, -0.1) is 0 Å². The Morgan fingerprint density at radius 3 is 2.57 bits per heavy atom. The number of carbonyl (C=O) groups is 1. The van der Waals surface area contributed by atoms with E-state index in [4.69, 9.17) is 15.3 Å². The van der Waals surface area contributed by atoms with Crippen LogP contribution in [0.1, 0.15) is 10.5 Å². The van der Waals surface area contributed by atoms with Gasteiger partial charge in [-0.2, -0.15) is 0 Å². The SMILES string of the molecule is NNc1ccc(C(=O)Nc2ccc3c(c2)OCCO3)nc1. The standard InChI is InChI=1S/C14H14N4O3/c15-18-10-1-3-11(16-8-10)14(19)17-9-2-4-12-13(7-9)21-6-5-20-12/h1-4,7-8,18H,5-6,15H2,(H,17,19). The van der Waals surface area contributed by atoms with Gasteiger partial charge in [-0.05, 0) is 24.3 Å². The fraction of sp³-hybridized carbons (Fsp3) is 0.143. The molecule has 0 bridgehead atoms. The quantitative estimate of drug-likeness (QED) is 0.582. The number of nitrogens with one attached hydrogen (secondary N) is 2. The van der Waals surface area contributed by atoms with Crippen molar-refractivity contribution in [1.29, 1.82) is 0 Å². The number of hydrogen-bond acceptors (Lipinski definition) is 6. The summed E-state index contributed by atoms with van der Waals surface area (Å²) < 4.78 is 10.9. The summed E-state index contributed by atoms with van der Waals surface area (Å²) in [5.74, 6) is 6.23. The molecular formula is C14H14N4O3. The van der Waals surface area contributed by atoms with Crippen molar-refractivity contribution in [1.82, 2.24) is 4.98 Å². The van der Waals surface area contributed by atoms with Crippen LogP contribution >= 0.6 is 0 Å².